The third-order valence-corrected chi connectivity index (χ3v) is 4.09. The van der Waals surface area contributed by atoms with Gasteiger partial charge in [0.15, 0.2) is 11.4 Å². The first kappa shape index (κ1) is 13.7. The van der Waals surface area contributed by atoms with Crippen LogP contribution in [0.15, 0.2) is 24.3 Å². The number of aryl methyl sites for hydroxylation is 2. The highest BCUT2D eigenvalue weighted by Crippen LogP contribution is 2.30. The molecule has 0 unspecified atom stereocenters. The minimum Gasteiger partial charge on any atom is -0.321 e. The van der Waals surface area contributed by atoms with E-state index in [1.165, 1.54) is 16.9 Å². The predicted octanol–water partition coefficient (Wildman–Crippen LogP) is 3.98. The van der Waals surface area contributed by atoms with Gasteiger partial charge in [0, 0.05) is 12.7 Å². The summed E-state index contributed by atoms with van der Waals surface area (Å²) in [5, 5.41) is 0.871. The Morgan fingerprint density at radius 2 is 2.21 bits per heavy atom. The van der Waals surface area contributed by atoms with E-state index in [-0.39, 0.29) is 0 Å². The molecule has 2 aromatic rings. The number of thiazole rings is 1. The molecule has 0 aliphatic heterocycles. The van der Waals surface area contributed by atoms with Gasteiger partial charge in [-0.05, 0) is 31.0 Å². The Kier molecular flexibility index (Phi) is 4.32. The molecule has 1 aromatic carbocycles. The summed E-state index contributed by atoms with van der Waals surface area (Å²) in [4.78, 5) is 18.4. The number of carbonyl (C=O) groups excluding carboxylic acids is 1. The van der Waals surface area contributed by atoms with Crippen LogP contribution in [-0.2, 0) is 6.42 Å². The summed E-state index contributed by atoms with van der Waals surface area (Å²) in [7, 11) is 1.98. The topological polar surface area (TPSA) is 33.2 Å². The van der Waals surface area contributed by atoms with Crippen molar-refractivity contribution in [2.24, 2.45) is 0 Å². The Balaban J connectivity index is 2.33. The third-order valence-electron chi connectivity index (χ3n) is 2.99. The Morgan fingerprint density at radius 3 is 2.84 bits per heavy atom. The minimum atomic E-state index is 0.747. The van der Waals surface area contributed by atoms with Crippen molar-refractivity contribution < 1.29 is 4.79 Å². The van der Waals surface area contributed by atoms with Gasteiger partial charge in [-0.2, -0.15) is 0 Å². The van der Waals surface area contributed by atoms with Crippen molar-refractivity contribution in [2.45, 2.75) is 26.7 Å². The molecule has 0 aliphatic carbocycles. The maximum Gasteiger partial charge on any atom is 0.190 e. The highest BCUT2D eigenvalue weighted by Gasteiger charge is 2.14. The molecular weight excluding hydrogens is 256 g/mol. The van der Waals surface area contributed by atoms with Crippen LogP contribution < -0.4 is 4.90 Å². The van der Waals surface area contributed by atoms with Crippen LogP contribution in [0, 0.1) is 6.92 Å². The molecule has 100 valence electrons. The van der Waals surface area contributed by atoms with Crippen LogP contribution in [0.25, 0.3) is 0 Å². The van der Waals surface area contributed by atoms with Gasteiger partial charge < -0.3 is 4.90 Å². The van der Waals surface area contributed by atoms with Gasteiger partial charge in [-0.3, -0.25) is 4.79 Å². The second kappa shape index (κ2) is 5.97. The maximum atomic E-state index is 11.1. The van der Waals surface area contributed by atoms with E-state index in [1.54, 1.807) is 0 Å². The van der Waals surface area contributed by atoms with E-state index in [0.29, 0.717) is 0 Å². The van der Waals surface area contributed by atoms with Gasteiger partial charge in [-0.15, -0.1) is 0 Å². The van der Waals surface area contributed by atoms with Crippen LogP contribution in [0.3, 0.4) is 0 Å². The van der Waals surface area contributed by atoms with Crippen molar-refractivity contribution in [1.29, 1.82) is 0 Å². The Hall–Kier alpha value is -1.68. The number of anilines is 2. The van der Waals surface area contributed by atoms with E-state index in [2.05, 4.69) is 37.0 Å². The lowest BCUT2D eigenvalue weighted by molar-refractivity contribution is 0.112. The van der Waals surface area contributed by atoms with Crippen molar-refractivity contribution in [3.8, 4) is 0 Å². The molecule has 0 saturated heterocycles. The van der Waals surface area contributed by atoms with Gasteiger partial charge in [-0.25, -0.2) is 4.98 Å². The van der Waals surface area contributed by atoms with Gasteiger partial charge in [0.2, 0.25) is 0 Å². The summed E-state index contributed by atoms with van der Waals surface area (Å²) in [5.74, 6) is 0. The summed E-state index contributed by atoms with van der Waals surface area (Å²) < 4.78 is 0. The average molecular weight is 274 g/mol. The van der Waals surface area contributed by atoms with Gasteiger partial charge in [0.25, 0.3) is 0 Å². The van der Waals surface area contributed by atoms with Crippen molar-refractivity contribution in [3.63, 3.8) is 0 Å². The highest BCUT2D eigenvalue weighted by molar-refractivity contribution is 7.17. The molecular formula is C15H18N2OS. The number of rotatable bonds is 5. The first-order valence-corrected chi connectivity index (χ1v) is 7.22. The fourth-order valence-electron chi connectivity index (χ4n) is 1.95. The van der Waals surface area contributed by atoms with Crippen molar-refractivity contribution >= 4 is 28.4 Å². The average Bonchev–Trinajstić information content (AvgIpc) is 2.81. The summed E-state index contributed by atoms with van der Waals surface area (Å²) in [6, 6.07) is 8.26. The quantitative estimate of drug-likeness (QED) is 0.773. The first-order chi connectivity index (χ1) is 9.15. The molecule has 0 bridgehead atoms. The molecule has 0 atom stereocenters. The zero-order valence-electron chi connectivity index (χ0n) is 11.5. The molecule has 19 heavy (non-hydrogen) atoms. The molecule has 0 radical (unpaired) electrons. The first-order valence-electron chi connectivity index (χ1n) is 6.41. The van der Waals surface area contributed by atoms with Crippen LogP contribution in [0.5, 0.6) is 0 Å². The van der Waals surface area contributed by atoms with Gasteiger partial charge in [0.05, 0.1) is 10.6 Å². The molecule has 0 aliphatic rings. The minimum absolute atomic E-state index is 0.747. The lowest BCUT2D eigenvalue weighted by Crippen LogP contribution is -2.09. The van der Waals surface area contributed by atoms with Crippen molar-refractivity contribution in [1.82, 2.24) is 4.98 Å². The van der Waals surface area contributed by atoms with Gasteiger partial charge in [0.1, 0.15) is 0 Å². The SMILES string of the molecule is CCCc1nc(N(C)c2cccc(C)c2)sc1C=O. The Morgan fingerprint density at radius 1 is 1.42 bits per heavy atom. The largest absolute Gasteiger partial charge is 0.321 e. The fraction of sp³-hybridized carbons (Fsp3) is 0.333. The van der Waals surface area contributed by atoms with E-state index in [1.807, 2.05) is 18.0 Å². The number of hydrogen-bond acceptors (Lipinski definition) is 4. The smallest absolute Gasteiger partial charge is 0.190 e. The lowest BCUT2D eigenvalue weighted by Gasteiger charge is -2.16. The molecule has 0 amide bonds. The van der Waals surface area contributed by atoms with Gasteiger partial charge >= 0.3 is 0 Å². The maximum absolute atomic E-state index is 11.1. The number of nitrogens with zero attached hydrogens (tertiary/aromatic N) is 2. The molecule has 1 heterocycles. The normalized spacial score (nSPS) is 10.5. The van der Waals surface area contributed by atoms with Crippen LogP contribution in [-0.4, -0.2) is 18.3 Å². The predicted molar refractivity (Wildman–Crippen MR) is 80.7 cm³/mol. The fourth-order valence-corrected chi connectivity index (χ4v) is 2.86. The number of aldehydes is 1. The molecule has 4 heteroatoms. The van der Waals surface area contributed by atoms with E-state index in [9.17, 15) is 4.79 Å². The summed E-state index contributed by atoms with van der Waals surface area (Å²) >= 11 is 1.46. The molecule has 0 spiro atoms. The zero-order chi connectivity index (χ0) is 13.8. The van der Waals surface area contributed by atoms with Crippen molar-refractivity contribution in [2.75, 3.05) is 11.9 Å². The second-order valence-electron chi connectivity index (χ2n) is 4.57. The van der Waals surface area contributed by atoms with E-state index in [0.717, 1.165) is 40.5 Å². The summed E-state index contributed by atoms with van der Waals surface area (Å²) in [5.41, 5.74) is 3.22. The van der Waals surface area contributed by atoms with Crippen LogP contribution in [0.4, 0.5) is 10.8 Å². The van der Waals surface area contributed by atoms with E-state index < -0.39 is 0 Å². The third kappa shape index (κ3) is 3.01. The number of carbonyl (C=O) groups is 1. The van der Waals surface area contributed by atoms with Crippen LogP contribution in [0.2, 0.25) is 0 Å². The van der Waals surface area contributed by atoms with E-state index >= 15 is 0 Å². The lowest BCUT2D eigenvalue weighted by atomic mass is 10.2. The van der Waals surface area contributed by atoms with Gasteiger partial charge in [-0.1, -0.05) is 36.8 Å². The standard InChI is InChI=1S/C15H18N2OS/c1-4-6-13-14(10-18)19-15(16-13)17(3)12-8-5-7-11(2)9-12/h5,7-10H,4,6H2,1-3H3. The molecule has 0 fully saturated rings. The monoisotopic (exact) mass is 274 g/mol. The summed E-state index contributed by atoms with van der Waals surface area (Å²) in [6.07, 6.45) is 2.76. The van der Waals surface area contributed by atoms with Crippen molar-refractivity contribution in [3.05, 3.63) is 40.4 Å². The number of aromatic nitrogens is 1. The Labute approximate surface area is 117 Å². The highest BCUT2D eigenvalue weighted by atomic mass is 32.1. The molecule has 3 nitrogen and oxygen atoms in total. The molecule has 1 aromatic heterocycles. The zero-order valence-corrected chi connectivity index (χ0v) is 12.3. The second-order valence-corrected chi connectivity index (χ2v) is 5.58. The Bertz CT molecular complexity index is 577. The number of benzene rings is 1. The summed E-state index contributed by atoms with van der Waals surface area (Å²) in [6.45, 7) is 4.16. The van der Waals surface area contributed by atoms with E-state index in [4.69, 9.17) is 0 Å². The van der Waals surface area contributed by atoms with Crippen LogP contribution in [0.1, 0.15) is 34.3 Å². The molecule has 0 saturated carbocycles. The molecule has 2 rings (SSSR count). The number of hydrogen-bond donors (Lipinski definition) is 0. The van der Waals surface area contributed by atoms with Crippen LogP contribution >= 0.6 is 11.3 Å². The molecule has 0 N–H and O–H groups in total.